The summed E-state index contributed by atoms with van der Waals surface area (Å²) in [7, 11) is -2.21. The topological polar surface area (TPSA) is 70.1 Å². The number of amidine groups is 1. The third-order valence-electron chi connectivity index (χ3n) is 4.42. The predicted molar refractivity (Wildman–Crippen MR) is 114 cm³/mol. The first-order valence-corrected chi connectivity index (χ1v) is 11.7. The van der Waals surface area contributed by atoms with E-state index in [2.05, 4.69) is 4.40 Å². The summed E-state index contributed by atoms with van der Waals surface area (Å²) < 4.78 is 42.3. The van der Waals surface area contributed by atoms with E-state index in [4.69, 9.17) is 0 Å². The molecule has 1 amide bonds. The molecule has 0 spiro atoms. The number of para-hydroxylation sites is 1. The van der Waals surface area contributed by atoms with E-state index in [-0.39, 0.29) is 22.5 Å². The summed E-state index contributed by atoms with van der Waals surface area (Å²) in [5.74, 6) is -0.821. The minimum Gasteiger partial charge on any atom is -0.337 e. The molecular formula is C19H16FN3O3S3. The standard InChI is InChI=1S/C19H16FN3O3S3/c1-3-23-17(24)16(18-22(2)14-6-4-5-7-15(14)27-18)28-19(23)21-29(25,26)13-10-8-12(20)9-11-13/h4-11H,3H2,1-2H3/b18-16+,21-19?. The Labute approximate surface area is 176 Å². The molecule has 0 N–H and O–H groups in total. The number of thioether (sulfide) groups is 2. The van der Waals surface area contributed by atoms with Crippen molar-refractivity contribution < 1.29 is 17.6 Å². The molecule has 2 heterocycles. The van der Waals surface area contributed by atoms with Crippen molar-refractivity contribution in [2.75, 3.05) is 18.5 Å². The number of fused-ring (bicyclic) bond motifs is 1. The van der Waals surface area contributed by atoms with Crippen molar-refractivity contribution in [2.45, 2.75) is 16.7 Å². The Balaban J connectivity index is 1.73. The van der Waals surface area contributed by atoms with Gasteiger partial charge >= 0.3 is 0 Å². The van der Waals surface area contributed by atoms with Crippen LogP contribution in [-0.4, -0.2) is 38.0 Å². The van der Waals surface area contributed by atoms with E-state index in [1.54, 1.807) is 6.92 Å². The van der Waals surface area contributed by atoms with Crippen LogP contribution < -0.4 is 4.90 Å². The van der Waals surface area contributed by atoms with Crippen molar-refractivity contribution >= 4 is 50.3 Å². The van der Waals surface area contributed by atoms with Gasteiger partial charge in [0.15, 0.2) is 5.17 Å². The van der Waals surface area contributed by atoms with E-state index < -0.39 is 15.8 Å². The molecule has 0 bridgehead atoms. The van der Waals surface area contributed by atoms with E-state index in [0.29, 0.717) is 4.91 Å². The normalized spacial score (nSPS) is 20.7. The number of likely N-dealkylation sites (N-methyl/N-ethyl adjacent to an activating group) is 1. The van der Waals surface area contributed by atoms with E-state index in [1.165, 1.54) is 16.7 Å². The van der Waals surface area contributed by atoms with Gasteiger partial charge in [-0.1, -0.05) is 23.9 Å². The predicted octanol–water partition coefficient (Wildman–Crippen LogP) is 3.88. The van der Waals surface area contributed by atoms with Crippen molar-refractivity contribution in [1.82, 2.24) is 4.90 Å². The van der Waals surface area contributed by atoms with E-state index in [9.17, 15) is 17.6 Å². The number of carbonyl (C=O) groups is 1. The zero-order valence-electron chi connectivity index (χ0n) is 15.5. The summed E-state index contributed by atoms with van der Waals surface area (Å²) in [6.07, 6.45) is 0. The van der Waals surface area contributed by atoms with Crippen LogP contribution in [0.2, 0.25) is 0 Å². The van der Waals surface area contributed by atoms with Gasteiger partial charge in [0.2, 0.25) is 0 Å². The molecule has 29 heavy (non-hydrogen) atoms. The molecule has 2 aliphatic heterocycles. The third kappa shape index (κ3) is 3.56. The molecule has 0 atom stereocenters. The Bertz CT molecular complexity index is 1160. The van der Waals surface area contributed by atoms with E-state index in [0.717, 1.165) is 51.6 Å². The minimum absolute atomic E-state index is 0.0919. The SMILES string of the molecule is CCN1C(=O)/C(=C2\Sc3ccccc3N2C)SC1=NS(=O)(=O)c1ccc(F)cc1. The second-order valence-corrected chi connectivity index (χ2v) is 9.83. The fraction of sp³-hybridized carbons (Fsp3) is 0.158. The molecule has 0 radical (unpaired) electrons. The number of hydrogen-bond donors (Lipinski definition) is 0. The maximum Gasteiger partial charge on any atom is 0.284 e. The second-order valence-electron chi connectivity index (χ2n) is 6.22. The third-order valence-corrected chi connectivity index (χ3v) is 8.25. The molecule has 1 fully saturated rings. The van der Waals surface area contributed by atoms with Crippen molar-refractivity contribution in [1.29, 1.82) is 0 Å². The smallest absolute Gasteiger partial charge is 0.284 e. The summed E-state index contributed by atoms with van der Waals surface area (Å²) in [5, 5.41) is 0.832. The summed E-state index contributed by atoms with van der Waals surface area (Å²) >= 11 is 2.50. The number of halogens is 1. The van der Waals surface area contributed by atoms with E-state index >= 15 is 0 Å². The molecule has 6 nitrogen and oxygen atoms in total. The van der Waals surface area contributed by atoms with Crippen molar-refractivity contribution in [2.24, 2.45) is 4.40 Å². The molecular weight excluding hydrogens is 433 g/mol. The number of anilines is 1. The summed E-state index contributed by atoms with van der Waals surface area (Å²) in [4.78, 5) is 17.6. The highest BCUT2D eigenvalue weighted by molar-refractivity contribution is 8.19. The van der Waals surface area contributed by atoms with Gasteiger partial charge in [-0.25, -0.2) is 4.39 Å². The lowest BCUT2D eigenvalue weighted by atomic mass is 10.3. The quantitative estimate of drug-likeness (QED) is 0.663. The first-order valence-electron chi connectivity index (χ1n) is 8.67. The largest absolute Gasteiger partial charge is 0.337 e. The monoisotopic (exact) mass is 449 g/mol. The fourth-order valence-corrected chi connectivity index (χ4v) is 6.53. The van der Waals surface area contributed by atoms with Gasteiger partial charge in [0, 0.05) is 18.5 Å². The lowest BCUT2D eigenvalue weighted by molar-refractivity contribution is -0.122. The van der Waals surface area contributed by atoms with Crippen molar-refractivity contribution in [3.05, 3.63) is 64.3 Å². The number of rotatable bonds is 3. The van der Waals surface area contributed by atoms with Gasteiger partial charge in [-0.3, -0.25) is 9.69 Å². The number of sulfonamides is 1. The Morgan fingerprint density at radius 1 is 1.07 bits per heavy atom. The Morgan fingerprint density at radius 2 is 1.76 bits per heavy atom. The van der Waals surface area contributed by atoms with Gasteiger partial charge in [-0.15, -0.1) is 4.40 Å². The van der Waals surface area contributed by atoms with Crippen molar-refractivity contribution in [3.63, 3.8) is 0 Å². The molecule has 0 aromatic heterocycles. The van der Waals surface area contributed by atoms with Crippen molar-refractivity contribution in [3.8, 4) is 0 Å². The van der Waals surface area contributed by atoms with Gasteiger partial charge in [0.25, 0.3) is 15.9 Å². The molecule has 150 valence electrons. The van der Waals surface area contributed by atoms with Crippen LogP contribution in [0, 0.1) is 5.82 Å². The average molecular weight is 450 g/mol. The highest BCUT2D eigenvalue weighted by Gasteiger charge is 2.39. The van der Waals surface area contributed by atoms with Crippen LogP contribution in [0.15, 0.2) is 72.7 Å². The van der Waals surface area contributed by atoms with Gasteiger partial charge in [0.05, 0.1) is 15.6 Å². The summed E-state index contributed by atoms with van der Waals surface area (Å²) in [6.45, 7) is 2.04. The van der Waals surface area contributed by atoms with Crippen LogP contribution in [0.5, 0.6) is 0 Å². The minimum atomic E-state index is -4.08. The molecule has 0 unspecified atom stereocenters. The number of hydrogen-bond acceptors (Lipinski definition) is 6. The highest BCUT2D eigenvalue weighted by atomic mass is 32.2. The van der Waals surface area contributed by atoms with Gasteiger partial charge < -0.3 is 4.90 Å². The summed E-state index contributed by atoms with van der Waals surface area (Å²) in [6, 6.07) is 12.2. The Hall–Kier alpha value is -2.30. The number of benzene rings is 2. The van der Waals surface area contributed by atoms with Gasteiger partial charge in [0.1, 0.15) is 10.7 Å². The zero-order valence-corrected chi connectivity index (χ0v) is 17.9. The van der Waals surface area contributed by atoms with Gasteiger partial charge in [-0.05, 0) is 55.1 Å². The maximum absolute atomic E-state index is 13.1. The molecule has 1 saturated heterocycles. The van der Waals surface area contributed by atoms with Crippen LogP contribution in [0.3, 0.4) is 0 Å². The molecule has 2 aromatic carbocycles. The first kappa shape index (κ1) is 20.0. The number of carbonyl (C=O) groups excluding carboxylic acids is 1. The average Bonchev–Trinajstić information content (AvgIpc) is 3.18. The number of nitrogens with zero attached hydrogens (tertiary/aromatic N) is 3. The van der Waals surface area contributed by atoms with Crippen LogP contribution in [0.1, 0.15) is 6.92 Å². The highest BCUT2D eigenvalue weighted by Crippen LogP contribution is 2.49. The first-order chi connectivity index (χ1) is 13.8. The second kappa shape index (κ2) is 7.51. The van der Waals surface area contributed by atoms with E-state index in [1.807, 2.05) is 36.2 Å². The van der Waals surface area contributed by atoms with Crippen LogP contribution in [0.4, 0.5) is 10.1 Å². The molecule has 4 rings (SSSR count). The summed E-state index contributed by atoms with van der Waals surface area (Å²) in [5.41, 5.74) is 0.987. The van der Waals surface area contributed by atoms with Crippen LogP contribution in [0.25, 0.3) is 0 Å². The number of amides is 1. The Kier molecular flexibility index (Phi) is 5.18. The molecule has 2 aliphatic rings. The van der Waals surface area contributed by atoms with Crippen LogP contribution in [-0.2, 0) is 14.8 Å². The van der Waals surface area contributed by atoms with Crippen LogP contribution >= 0.6 is 23.5 Å². The molecule has 0 saturated carbocycles. The fourth-order valence-electron chi connectivity index (χ4n) is 2.94. The lowest BCUT2D eigenvalue weighted by Gasteiger charge is -2.15. The Morgan fingerprint density at radius 3 is 2.41 bits per heavy atom. The van der Waals surface area contributed by atoms with Gasteiger partial charge in [-0.2, -0.15) is 8.42 Å². The molecule has 10 heteroatoms. The lowest BCUT2D eigenvalue weighted by Crippen LogP contribution is -2.30. The zero-order chi connectivity index (χ0) is 20.8. The maximum atomic E-state index is 13.1. The molecule has 0 aliphatic carbocycles. The molecule has 2 aromatic rings.